The Labute approximate surface area is 135 Å². The lowest BCUT2D eigenvalue weighted by Crippen LogP contribution is -2.29. The molecule has 23 heavy (non-hydrogen) atoms. The number of nitrogens with one attached hydrogen (secondary N) is 1. The second-order valence-corrected chi connectivity index (χ2v) is 6.13. The molecule has 1 aromatic carbocycles. The third kappa shape index (κ3) is 2.81. The van der Waals surface area contributed by atoms with Gasteiger partial charge in [0.15, 0.2) is 0 Å². The molecule has 3 rings (SSSR count). The molecule has 6 nitrogen and oxygen atoms in total. The van der Waals surface area contributed by atoms with E-state index in [1.807, 2.05) is 13.8 Å². The highest BCUT2D eigenvalue weighted by Crippen LogP contribution is 2.36. The van der Waals surface area contributed by atoms with Gasteiger partial charge in [0, 0.05) is 0 Å². The van der Waals surface area contributed by atoms with Crippen LogP contribution in [-0.2, 0) is 4.79 Å². The second kappa shape index (κ2) is 6.02. The molecule has 0 bridgehead atoms. The average molecular weight is 314 g/mol. The summed E-state index contributed by atoms with van der Waals surface area (Å²) in [7, 11) is 0. The van der Waals surface area contributed by atoms with E-state index in [2.05, 4.69) is 41.4 Å². The number of hydrogen-bond acceptors (Lipinski definition) is 4. The van der Waals surface area contributed by atoms with Gasteiger partial charge in [0.1, 0.15) is 12.1 Å². The van der Waals surface area contributed by atoms with Crippen molar-refractivity contribution in [1.29, 1.82) is 0 Å². The van der Waals surface area contributed by atoms with Crippen molar-refractivity contribution in [2.24, 2.45) is 0 Å². The average Bonchev–Trinajstić information content (AvgIpc) is 2.94. The van der Waals surface area contributed by atoms with Crippen LogP contribution in [0.15, 0.2) is 18.5 Å². The molecule has 6 heteroatoms. The Morgan fingerprint density at radius 1 is 1.43 bits per heavy atom. The van der Waals surface area contributed by atoms with Crippen LogP contribution in [0.2, 0.25) is 0 Å². The van der Waals surface area contributed by atoms with Crippen molar-refractivity contribution in [2.75, 3.05) is 11.9 Å². The van der Waals surface area contributed by atoms with Gasteiger partial charge in [0.2, 0.25) is 11.9 Å². The van der Waals surface area contributed by atoms with Gasteiger partial charge in [-0.15, -0.1) is 0 Å². The molecule has 2 aromatic rings. The number of aryl methyl sites for hydroxylation is 1. The molecule has 0 saturated carbocycles. The first-order valence-electron chi connectivity index (χ1n) is 7.97. The summed E-state index contributed by atoms with van der Waals surface area (Å²) in [6.45, 7) is 8.96. The first kappa shape index (κ1) is 15.5. The van der Waals surface area contributed by atoms with Gasteiger partial charge < -0.3 is 4.74 Å². The van der Waals surface area contributed by atoms with E-state index in [4.69, 9.17) is 4.74 Å². The number of carbonyl (C=O) groups is 1. The Morgan fingerprint density at radius 2 is 2.22 bits per heavy atom. The predicted octanol–water partition coefficient (Wildman–Crippen LogP) is 3.04. The van der Waals surface area contributed by atoms with Crippen LogP contribution in [0.5, 0.6) is 5.75 Å². The van der Waals surface area contributed by atoms with Crippen molar-refractivity contribution in [3.05, 3.63) is 35.2 Å². The van der Waals surface area contributed by atoms with E-state index in [1.165, 1.54) is 6.33 Å². The molecule has 0 saturated heterocycles. The Morgan fingerprint density at radius 3 is 2.91 bits per heavy atom. The zero-order valence-electron chi connectivity index (χ0n) is 14.0. The molecule has 0 radical (unpaired) electrons. The fraction of sp³-hybridized carbons (Fsp3) is 0.471. The van der Waals surface area contributed by atoms with Crippen LogP contribution < -0.4 is 10.1 Å². The summed E-state index contributed by atoms with van der Waals surface area (Å²) in [5, 5.41) is 7.04. The van der Waals surface area contributed by atoms with Gasteiger partial charge in [-0.25, -0.2) is 4.68 Å². The second-order valence-electron chi connectivity index (χ2n) is 6.13. The zero-order valence-corrected chi connectivity index (χ0v) is 14.0. The summed E-state index contributed by atoms with van der Waals surface area (Å²) in [5.41, 5.74) is 3.35. The molecule has 1 aromatic heterocycles. The fourth-order valence-corrected chi connectivity index (χ4v) is 3.05. The molecule has 0 unspecified atom stereocenters. The Balaban J connectivity index is 2.10. The van der Waals surface area contributed by atoms with Crippen molar-refractivity contribution < 1.29 is 9.53 Å². The SMILES string of the molecule is CCOc1cc(C)c([C@@H]2CC(=O)Nc3ncnn32)cc1C(C)C. The molecule has 1 atom stereocenters. The molecule has 0 aliphatic carbocycles. The van der Waals surface area contributed by atoms with Gasteiger partial charge in [-0.3, -0.25) is 10.1 Å². The summed E-state index contributed by atoms with van der Waals surface area (Å²) < 4.78 is 7.57. The van der Waals surface area contributed by atoms with E-state index >= 15 is 0 Å². The van der Waals surface area contributed by atoms with Crippen molar-refractivity contribution in [2.45, 2.75) is 46.1 Å². The minimum atomic E-state index is -0.130. The highest BCUT2D eigenvalue weighted by molar-refractivity contribution is 5.91. The normalized spacial score (nSPS) is 17.1. The smallest absolute Gasteiger partial charge is 0.229 e. The van der Waals surface area contributed by atoms with E-state index in [0.29, 0.717) is 24.9 Å². The Bertz CT molecular complexity index is 736. The number of nitrogens with zero attached hydrogens (tertiary/aromatic N) is 3. The van der Waals surface area contributed by atoms with Gasteiger partial charge in [0.05, 0.1) is 19.1 Å². The van der Waals surface area contributed by atoms with Gasteiger partial charge in [-0.2, -0.15) is 10.1 Å². The number of fused-ring (bicyclic) bond motifs is 1. The Kier molecular flexibility index (Phi) is 4.07. The maximum atomic E-state index is 12.0. The molecule has 2 heterocycles. The minimum Gasteiger partial charge on any atom is -0.494 e. The third-order valence-electron chi connectivity index (χ3n) is 4.18. The lowest BCUT2D eigenvalue weighted by Gasteiger charge is -2.26. The van der Waals surface area contributed by atoms with Crippen molar-refractivity contribution in [3.63, 3.8) is 0 Å². The monoisotopic (exact) mass is 314 g/mol. The highest BCUT2D eigenvalue weighted by atomic mass is 16.5. The molecule has 0 spiro atoms. The van der Waals surface area contributed by atoms with Crippen LogP contribution >= 0.6 is 0 Å². The van der Waals surface area contributed by atoms with E-state index < -0.39 is 0 Å². The number of amides is 1. The topological polar surface area (TPSA) is 69.0 Å². The summed E-state index contributed by atoms with van der Waals surface area (Å²) in [6.07, 6.45) is 1.84. The van der Waals surface area contributed by atoms with Crippen LogP contribution in [-0.4, -0.2) is 27.3 Å². The molecule has 1 amide bonds. The number of rotatable bonds is 4. The molecular weight excluding hydrogens is 292 g/mol. The van der Waals surface area contributed by atoms with E-state index in [0.717, 1.165) is 22.4 Å². The Hall–Kier alpha value is -2.37. The van der Waals surface area contributed by atoms with Crippen LogP contribution in [0, 0.1) is 6.92 Å². The molecule has 1 aliphatic rings. The van der Waals surface area contributed by atoms with E-state index in [-0.39, 0.29) is 11.9 Å². The van der Waals surface area contributed by atoms with E-state index in [9.17, 15) is 4.79 Å². The molecular formula is C17H22N4O2. The number of hydrogen-bond donors (Lipinski definition) is 1. The quantitative estimate of drug-likeness (QED) is 0.941. The number of carbonyl (C=O) groups excluding carboxylic acids is 1. The van der Waals surface area contributed by atoms with Gasteiger partial charge in [0.25, 0.3) is 0 Å². The van der Waals surface area contributed by atoms with Crippen LogP contribution in [0.25, 0.3) is 0 Å². The maximum Gasteiger partial charge on any atom is 0.229 e. The van der Waals surface area contributed by atoms with Crippen molar-refractivity contribution >= 4 is 11.9 Å². The number of anilines is 1. The zero-order chi connectivity index (χ0) is 16.6. The van der Waals surface area contributed by atoms with Crippen molar-refractivity contribution in [3.8, 4) is 5.75 Å². The van der Waals surface area contributed by atoms with Crippen LogP contribution in [0.1, 0.15) is 55.8 Å². The first-order chi connectivity index (χ1) is 11.0. The number of aromatic nitrogens is 3. The maximum absolute atomic E-state index is 12.0. The number of benzene rings is 1. The van der Waals surface area contributed by atoms with Gasteiger partial charge in [-0.1, -0.05) is 13.8 Å². The molecule has 1 aliphatic heterocycles. The lowest BCUT2D eigenvalue weighted by atomic mass is 9.91. The first-order valence-corrected chi connectivity index (χ1v) is 7.97. The standard InChI is InChI=1S/C17H22N4O2/c1-5-23-15-6-11(4)13(7-12(15)10(2)3)14-8-16(22)20-17-18-9-19-21(14)17/h6-7,9-10,14H,5,8H2,1-4H3,(H,18,19,20,22)/t14-/m0/s1. The molecule has 0 fully saturated rings. The summed E-state index contributed by atoms with van der Waals surface area (Å²) in [4.78, 5) is 16.1. The largest absolute Gasteiger partial charge is 0.494 e. The summed E-state index contributed by atoms with van der Waals surface area (Å²) >= 11 is 0. The fourth-order valence-electron chi connectivity index (χ4n) is 3.05. The molecule has 1 N–H and O–H groups in total. The third-order valence-corrected chi connectivity index (χ3v) is 4.18. The van der Waals surface area contributed by atoms with E-state index in [1.54, 1.807) is 4.68 Å². The summed E-state index contributed by atoms with van der Waals surface area (Å²) in [5.74, 6) is 1.73. The molecule has 122 valence electrons. The number of ether oxygens (including phenoxy) is 1. The van der Waals surface area contributed by atoms with Gasteiger partial charge >= 0.3 is 0 Å². The predicted molar refractivity (Wildman–Crippen MR) is 87.8 cm³/mol. The van der Waals surface area contributed by atoms with Crippen LogP contribution in [0.4, 0.5) is 5.95 Å². The summed E-state index contributed by atoms with van der Waals surface area (Å²) in [6, 6.07) is 4.09. The minimum absolute atomic E-state index is 0.0325. The highest BCUT2D eigenvalue weighted by Gasteiger charge is 2.29. The van der Waals surface area contributed by atoms with Gasteiger partial charge in [-0.05, 0) is 48.6 Å². The van der Waals surface area contributed by atoms with Crippen molar-refractivity contribution in [1.82, 2.24) is 14.8 Å². The lowest BCUT2D eigenvalue weighted by molar-refractivity contribution is -0.117. The van der Waals surface area contributed by atoms with Crippen LogP contribution in [0.3, 0.4) is 0 Å².